The molecule has 1 saturated carbocycles. The highest BCUT2D eigenvalue weighted by Crippen LogP contribution is 2.47. The van der Waals surface area contributed by atoms with Crippen molar-refractivity contribution < 1.29 is 30.8 Å². The topological polar surface area (TPSA) is 131 Å². The fourth-order valence-electron chi connectivity index (χ4n) is 4.64. The maximum absolute atomic E-state index is 15.2. The summed E-state index contributed by atoms with van der Waals surface area (Å²) in [6.07, 6.45) is -0.879. The monoisotopic (exact) mass is 555 g/mol. The number of aromatic nitrogens is 2. The maximum atomic E-state index is 15.2. The fraction of sp³-hybridized carbons (Fsp3) is 0.348. The number of nitrogens with two attached hydrogens (primary N) is 1. The zero-order valence-electron chi connectivity index (χ0n) is 19.3. The van der Waals surface area contributed by atoms with Gasteiger partial charge in [0.1, 0.15) is 5.82 Å². The van der Waals surface area contributed by atoms with Crippen LogP contribution in [0.2, 0.25) is 5.02 Å². The molecule has 196 valence electrons. The summed E-state index contributed by atoms with van der Waals surface area (Å²) in [4.78, 5) is 13.9. The Morgan fingerprint density at radius 1 is 1.22 bits per heavy atom. The van der Waals surface area contributed by atoms with Crippen LogP contribution in [0.4, 0.5) is 24.9 Å². The smallest absolute Gasteiger partial charge is 0.316 e. The van der Waals surface area contributed by atoms with Gasteiger partial charge >= 0.3 is 6.01 Å². The highest BCUT2D eigenvalue weighted by atomic mass is 35.5. The van der Waals surface area contributed by atoms with E-state index in [1.807, 2.05) is 0 Å². The van der Waals surface area contributed by atoms with Crippen molar-refractivity contribution in [2.45, 2.75) is 48.7 Å². The first-order valence-corrected chi connectivity index (χ1v) is 13.2. The predicted octanol–water partition coefficient (Wildman–Crippen LogP) is 3.78. The van der Waals surface area contributed by atoms with E-state index in [2.05, 4.69) is 15.5 Å². The summed E-state index contributed by atoms with van der Waals surface area (Å²) < 4.78 is 73.3. The molecule has 9 nitrogen and oxygen atoms in total. The van der Waals surface area contributed by atoms with Crippen molar-refractivity contribution in [3.8, 4) is 11.5 Å². The minimum absolute atomic E-state index is 0.0689. The van der Waals surface area contributed by atoms with Gasteiger partial charge in [0, 0.05) is 17.9 Å². The Kier molecular flexibility index (Phi) is 6.00. The van der Waals surface area contributed by atoms with Gasteiger partial charge in [-0.05, 0) is 36.8 Å². The molecular formula is C23H21ClF3N5O4S. The average molecular weight is 556 g/mol. The lowest BCUT2D eigenvalue weighted by atomic mass is 9.75. The number of alkyl halides is 2. The number of halogens is 4. The second-order valence-corrected chi connectivity index (χ2v) is 12.0. The lowest BCUT2D eigenvalue weighted by Crippen LogP contribution is -2.54. The number of anilines is 2. The number of carbonyl (C=O) groups excluding carboxylic acids is 1. The Balaban J connectivity index is 1.55. The molecule has 0 radical (unpaired) electrons. The molecule has 5 rings (SSSR count). The molecule has 1 amide bonds. The molecule has 3 aromatic rings. The largest absolute Gasteiger partial charge is 0.403 e. The number of sulfone groups is 1. The van der Waals surface area contributed by atoms with Gasteiger partial charge in [-0.1, -0.05) is 28.8 Å². The highest BCUT2D eigenvalue weighted by molar-refractivity contribution is 7.91. The van der Waals surface area contributed by atoms with Crippen molar-refractivity contribution in [1.82, 2.24) is 10.2 Å². The summed E-state index contributed by atoms with van der Waals surface area (Å²) in [6, 6.07) is 6.87. The molecule has 2 aromatic carbocycles. The van der Waals surface area contributed by atoms with Crippen molar-refractivity contribution in [1.29, 1.82) is 0 Å². The van der Waals surface area contributed by atoms with Crippen molar-refractivity contribution >= 4 is 39.0 Å². The zero-order chi connectivity index (χ0) is 26.8. The quantitative estimate of drug-likeness (QED) is 0.486. The maximum Gasteiger partial charge on any atom is 0.316 e. The summed E-state index contributed by atoms with van der Waals surface area (Å²) in [5, 5.41) is 10.7. The number of carbonyl (C=O) groups is 1. The number of hydrogen-bond acceptors (Lipinski definition) is 8. The van der Waals surface area contributed by atoms with E-state index in [1.165, 1.54) is 0 Å². The van der Waals surface area contributed by atoms with Crippen molar-refractivity contribution in [3.05, 3.63) is 52.8 Å². The standard InChI is InChI=1S/C23H21ClF3N5O4S/c1-22(10-23(26,27)11-22)29-21-31-30-19(36-21)14-6-17-18(7-15(14)25)37(34,35)9-16(28)20(33)32(17)8-12-2-4-13(24)5-3-12/h2-7,16H,8-11,28H2,1H3,(H,29,31)/t16-/m0/s1. The number of rotatable bonds is 5. The Hall–Kier alpha value is -3.16. The third-order valence-electron chi connectivity index (χ3n) is 6.27. The molecule has 0 bridgehead atoms. The van der Waals surface area contributed by atoms with Crippen LogP contribution in [0, 0.1) is 5.82 Å². The van der Waals surface area contributed by atoms with Gasteiger partial charge in [-0.2, -0.15) is 0 Å². The van der Waals surface area contributed by atoms with Gasteiger partial charge in [0.05, 0.1) is 40.0 Å². The van der Waals surface area contributed by atoms with Crippen LogP contribution in [-0.4, -0.2) is 47.8 Å². The molecule has 0 saturated heterocycles. The van der Waals surface area contributed by atoms with Crippen molar-refractivity contribution in [2.24, 2.45) is 5.73 Å². The molecule has 1 aliphatic carbocycles. The van der Waals surface area contributed by atoms with Crippen LogP contribution in [0.25, 0.3) is 11.5 Å². The molecule has 37 heavy (non-hydrogen) atoms. The van der Waals surface area contributed by atoms with E-state index in [0.29, 0.717) is 10.6 Å². The molecule has 3 N–H and O–H groups in total. The third kappa shape index (κ3) is 4.90. The fourth-order valence-corrected chi connectivity index (χ4v) is 6.33. The van der Waals surface area contributed by atoms with Crippen LogP contribution in [0.3, 0.4) is 0 Å². The highest BCUT2D eigenvalue weighted by Gasteiger charge is 2.54. The van der Waals surface area contributed by atoms with Crippen LogP contribution in [0.5, 0.6) is 0 Å². The van der Waals surface area contributed by atoms with Gasteiger partial charge in [0.2, 0.25) is 5.91 Å². The Morgan fingerprint density at radius 2 is 1.89 bits per heavy atom. The number of amides is 1. The van der Waals surface area contributed by atoms with Crippen molar-refractivity contribution in [3.63, 3.8) is 0 Å². The number of benzene rings is 2. The van der Waals surface area contributed by atoms with Crippen LogP contribution in [-0.2, 0) is 21.2 Å². The first kappa shape index (κ1) is 25.5. The molecular weight excluding hydrogens is 535 g/mol. The number of hydrogen-bond donors (Lipinski definition) is 2. The van der Waals surface area contributed by atoms with Gasteiger partial charge in [-0.15, -0.1) is 5.10 Å². The van der Waals surface area contributed by atoms with Crippen LogP contribution in [0.15, 0.2) is 45.7 Å². The first-order chi connectivity index (χ1) is 17.3. The minimum atomic E-state index is -4.14. The van der Waals surface area contributed by atoms with Crippen LogP contribution >= 0.6 is 11.6 Å². The molecule has 0 unspecified atom stereocenters. The molecule has 1 atom stereocenters. The summed E-state index contributed by atoms with van der Waals surface area (Å²) in [5.74, 6) is -5.51. The lowest BCUT2D eigenvalue weighted by molar-refractivity contribution is -0.119. The summed E-state index contributed by atoms with van der Waals surface area (Å²) in [7, 11) is -4.14. The van der Waals surface area contributed by atoms with E-state index in [1.54, 1.807) is 31.2 Å². The molecule has 0 spiro atoms. The van der Waals surface area contributed by atoms with E-state index in [0.717, 1.165) is 17.0 Å². The SMILES string of the molecule is CC1(Nc2nnc(-c3cc4c(cc3F)S(=O)(=O)C[C@H](N)C(=O)N4Cc3ccc(Cl)cc3)o2)CC(F)(F)C1. The minimum Gasteiger partial charge on any atom is -0.403 e. The predicted molar refractivity (Wildman–Crippen MR) is 129 cm³/mol. The normalized spacial score (nSPS) is 21.6. The first-order valence-electron chi connectivity index (χ1n) is 11.1. The Bertz CT molecular complexity index is 1490. The van der Waals surface area contributed by atoms with E-state index in [-0.39, 0.29) is 29.7 Å². The summed E-state index contributed by atoms with van der Waals surface area (Å²) in [5.41, 5.74) is 5.16. The molecule has 1 aromatic heterocycles. The molecule has 2 heterocycles. The van der Waals surface area contributed by atoms with Crippen LogP contribution < -0.4 is 16.0 Å². The van der Waals surface area contributed by atoms with E-state index >= 15 is 4.39 Å². The van der Waals surface area contributed by atoms with Crippen LogP contribution in [0.1, 0.15) is 25.3 Å². The Labute approximate surface area is 214 Å². The van der Waals surface area contributed by atoms with Gasteiger partial charge < -0.3 is 20.4 Å². The Morgan fingerprint density at radius 3 is 2.54 bits per heavy atom. The van der Waals surface area contributed by atoms with Gasteiger partial charge in [0.25, 0.3) is 11.8 Å². The second-order valence-electron chi connectivity index (χ2n) is 9.55. The molecule has 14 heteroatoms. The van der Waals surface area contributed by atoms with Crippen molar-refractivity contribution in [2.75, 3.05) is 16.0 Å². The summed E-state index contributed by atoms with van der Waals surface area (Å²) >= 11 is 5.94. The van der Waals surface area contributed by atoms with Gasteiger partial charge in [-0.3, -0.25) is 4.79 Å². The number of nitrogens with zero attached hydrogens (tertiary/aromatic N) is 3. The number of fused-ring (bicyclic) bond motifs is 1. The lowest BCUT2D eigenvalue weighted by Gasteiger charge is -2.44. The van der Waals surface area contributed by atoms with Gasteiger partial charge in [0.15, 0.2) is 9.84 Å². The molecule has 1 fully saturated rings. The van der Waals surface area contributed by atoms with E-state index in [9.17, 15) is 22.0 Å². The third-order valence-corrected chi connectivity index (χ3v) is 8.32. The molecule has 2 aliphatic rings. The second kappa shape index (κ2) is 8.71. The van der Waals surface area contributed by atoms with E-state index in [4.69, 9.17) is 21.8 Å². The molecule has 1 aliphatic heterocycles. The van der Waals surface area contributed by atoms with Gasteiger partial charge in [-0.25, -0.2) is 21.6 Å². The van der Waals surface area contributed by atoms with E-state index < -0.39 is 62.6 Å². The average Bonchev–Trinajstić information content (AvgIpc) is 3.21. The number of nitrogens with one attached hydrogen (secondary N) is 1. The summed E-state index contributed by atoms with van der Waals surface area (Å²) in [6.45, 7) is 1.49. The zero-order valence-corrected chi connectivity index (χ0v) is 20.9.